The van der Waals surface area contributed by atoms with Gasteiger partial charge in [-0.05, 0) is 42.4 Å². The van der Waals surface area contributed by atoms with E-state index in [2.05, 4.69) is 20.8 Å². The Kier molecular flexibility index (Phi) is 16.2. The van der Waals surface area contributed by atoms with Gasteiger partial charge in [0.1, 0.15) is 17.4 Å². The molecular formula is C25H39F2NO3. The minimum Gasteiger partial charge on any atom is -0.369 e. The third-order valence-corrected chi connectivity index (χ3v) is 4.36. The third kappa shape index (κ3) is 18.1. The first-order valence-electron chi connectivity index (χ1n) is 10.6. The standard InChI is InChI=1S/C13H14F2O.C8H16O.C4H9NO/c1-9(2)3-6-12(16)7-10-4-5-11(14)8-13(10)15;1-6(2)7(3)5-8(4)9;1-3(2)4(5)6/h3-6,8-9H,7H2,1-2H3;6-7H,5H2,1-4H3;3H,1-2H3,(H2,5,6)/b6-3+;;/t;7-;/m.0./s1. The van der Waals surface area contributed by atoms with Crippen molar-refractivity contribution in [3.05, 3.63) is 47.5 Å². The first-order valence-corrected chi connectivity index (χ1v) is 10.6. The van der Waals surface area contributed by atoms with Gasteiger partial charge in [-0.15, -0.1) is 0 Å². The van der Waals surface area contributed by atoms with Crippen molar-refractivity contribution < 1.29 is 23.2 Å². The summed E-state index contributed by atoms with van der Waals surface area (Å²) in [4.78, 5) is 31.9. The van der Waals surface area contributed by atoms with Gasteiger partial charge in [0.2, 0.25) is 5.91 Å². The number of rotatable bonds is 8. The van der Waals surface area contributed by atoms with E-state index in [1.165, 1.54) is 12.1 Å². The quantitative estimate of drug-likeness (QED) is 0.530. The predicted octanol–water partition coefficient (Wildman–Crippen LogP) is 5.67. The van der Waals surface area contributed by atoms with Crippen molar-refractivity contribution in [2.24, 2.45) is 29.4 Å². The molecule has 176 valence electrons. The van der Waals surface area contributed by atoms with Crippen LogP contribution >= 0.6 is 0 Å². The maximum Gasteiger partial charge on any atom is 0.219 e. The lowest BCUT2D eigenvalue weighted by Gasteiger charge is -2.12. The number of amides is 1. The van der Waals surface area contributed by atoms with Gasteiger partial charge in [-0.2, -0.15) is 0 Å². The van der Waals surface area contributed by atoms with Gasteiger partial charge >= 0.3 is 0 Å². The van der Waals surface area contributed by atoms with Gasteiger partial charge < -0.3 is 10.5 Å². The Bertz CT molecular complexity index is 725. The van der Waals surface area contributed by atoms with Gasteiger partial charge in [-0.25, -0.2) is 8.78 Å². The Hall–Kier alpha value is -2.37. The number of hydrogen-bond donors (Lipinski definition) is 1. The Balaban J connectivity index is 0. The summed E-state index contributed by atoms with van der Waals surface area (Å²) in [6.07, 6.45) is 3.89. The van der Waals surface area contributed by atoms with Gasteiger partial charge in [0.25, 0.3) is 0 Å². The summed E-state index contributed by atoms with van der Waals surface area (Å²) in [5, 5.41) is 0. The van der Waals surface area contributed by atoms with E-state index >= 15 is 0 Å². The van der Waals surface area contributed by atoms with Crippen molar-refractivity contribution in [3.63, 3.8) is 0 Å². The zero-order valence-electron chi connectivity index (χ0n) is 20.2. The highest BCUT2D eigenvalue weighted by molar-refractivity contribution is 5.91. The number of Topliss-reactive ketones (excluding diaryl/α,β-unsaturated/α-hetero) is 1. The highest BCUT2D eigenvalue weighted by atomic mass is 19.1. The second kappa shape index (κ2) is 16.3. The molecule has 2 N–H and O–H groups in total. The summed E-state index contributed by atoms with van der Waals surface area (Å²) in [6.45, 7) is 15.5. The van der Waals surface area contributed by atoms with E-state index in [1.54, 1.807) is 26.8 Å². The van der Waals surface area contributed by atoms with Crippen LogP contribution in [0, 0.1) is 35.3 Å². The van der Waals surface area contributed by atoms with Crippen LogP contribution in [0.2, 0.25) is 0 Å². The minimum atomic E-state index is -0.675. The van der Waals surface area contributed by atoms with Crippen LogP contribution in [0.1, 0.15) is 67.4 Å². The van der Waals surface area contributed by atoms with E-state index in [4.69, 9.17) is 5.73 Å². The first kappa shape index (κ1) is 30.8. The van der Waals surface area contributed by atoms with Gasteiger partial charge in [-0.1, -0.05) is 60.6 Å². The molecule has 1 rings (SSSR count). The number of ketones is 2. The molecule has 0 aliphatic heterocycles. The smallest absolute Gasteiger partial charge is 0.219 e. The minimum absolute atomic E-state index is 0.00926. The summed E-state index contributed by atoms with van der Waals surface area (Å²) in [5.74, 6) is 0.0199. The van der Waals surface area contributed by atoms with Crippen molar-refractivity contribution in [3.8, 4) is 0 Å². The molecule has 31 heavy (non-hydrogen) atoms. The molecule has 1 aromatic rings. The van der Waals surface area contributed by atoms with Crippen LogP contribution in [0.15, 0.2) is 30.4 Å². The van der Waals surface area contributed by atoms with Crippen molar-refractivity contribution in [1.82, 2.24) is 0 Å². The van der Waals surface area contributed by atoms with E-state index in [0.717, 1.165) is 18.6 Å². The maximum atomic E-state index is 13.2. The molecule has 0 spiro atoms. The van der Waals surface area contributed by atoms with Crippen LogP contribution in [0.3, 0.4) is 0 Å². The van der Waals surface area contributed by atoms with Gasteiger partial charge in [-0.3, -0.25) is 9.59 Å². The molecule has 1 atom stereocenters. The third-order valence-electron chi connectivity index (χ3n) is 4.36. The molecule has 0 bridgehead atoms. The Morgan fingerprint density at radius 2 is 1.52 bits per heavy atom. The number of hydrogen-bond acceptors (Lipinski definition) is 3. The maximum absolute atomic E-state index is 13.2. The van der Waals surface area contributed by atoms with Gasteiger partial charge in [0.05, 0.1) is 0 Å². The number of benzene rings is 1. The monoisotopic (exact) mass is 439 g/mol. The second-order valence-electron chi connectivity index (χ2n) is 8.67. The normalized spacial score (nSPS) is 11.6. The number of halogens is 2. The number of primary amides is 1. The van der Waals surface area contributed by atoms with Gasteiger partial charge in [0.15, 0.2) is 5.78 Å². The highest BCUT2D eigenvalue weighted by Gasteiger charge is 2.08. The zero-order valence-corrected chi connectivity index (χ0v) is 20.2. The van der Waals surface area contributed by atoms with E-state index in [-0.39, 0.29) is 35.5 Å². The van der Waals surface area contributed by atoms with Crippen LogP contribution in [0.5, 0.6) is 0 Å². The predicted molar refractivity (Wildman–Crippen MR) is 122 cm³/mol. The average molecular weight is 440 g/mol. The Morgan fingerprint density at radius 1 is 1.00 bits per heavy atom. The van der Waals surface area contributed by atoms with Crippen molar-refractivity contribution >= 4 is 17.5 Å². The lowest BCUT2D eigenvalue weighted by atomic mass is 9.93. The fourth-order valence-electron chi connectivity index (χ4n) is 1.90. The van der Waals surface area contributed by atoms with Crippen molar-refractivity contribution in [2.75, 3.05) is 0 Å². The molecule has 0 aliphatic rings. The van der Waals surface area contributed by atoms with Gasteiger partial charge in [0, 0.05) is 24.8 Å². The Morgan fingerprint density at radius 3 is 1.84 bits per heavy atom. The molecule has 0 saturated carbocycles. The van der Waals surface area contributed by atoms with Crippen LogP contribution in [0.25, 0.3) is 0 Å². The molecular weight excluding hydrogens is 400 g/mol. The largest absolute Gasteiger partial charge is 0.369 e. The average Bonchev–Trinajstić information content (AvgIpc) is 2.62. The SMILES string of the molecule is CC(=O)C[C@H](C)C(C)C.CC(C)/C=C/C(=O)Cc1ccc(F)cc1F.CC(C)C(N)=O. The molecule has 0 radical (unpaired) electrons. The van der Waals surface area contributed by atoms with Crippen LogP contribution in [-0.4, -0.2) is 17.5 Å². The molecule has 0 unspecified atom stereocenters. The summed E-state index contributed by atoms with van der Waals surface area (Å²) < 4.78 is 25.8. The number of nitrogens with two attached hydrogens (primary N) is 1. The zero-order chi connectivity index (χ0) is 24.7. The summed E-state index contributed by atoms with van der Waals surface area (Å²) in [7, 11) is 0. The summed E-state index contributed by atoms with van der Waals surface area (Å²) in [5.41, 5.74) is 5.02. The van der Waals surface area contributed by atoms with E-state index in [1.807, 2.05) is 13.8 Å². The Labute approximate surface area is 186 Å². The summed E-state index contributed by atoms with van der Waals surface area (Å²) >= 11 is 0. The number of carbonyl (C=O) groups excluding carboxylic acids is 3. The molecule has 0 saturated heterocycles. The first-order chi connectivity index (χ1) is 14.2. The summed E-state index contributed by atoms with van der Waals surface area (Å²) in [6, 6.07) is 3.23. The van der Waals surface area contributed by atoms with Crippen LogP contribution < -0.4 is 5.73 Å². The topological polar surface area (TPSA) is 77.2 Å². The number of carbonyl (C=O) groups is 3. The fraction of sp³-hybridized carbons (Fsp3) is 0.560. The molecule has 0 heterocycles. The van der Waals surface area contributed by atoms with Crippen LogP contribution in [-0.2, 0) is 20.8 Å². The fourth-order valence-corrected chi connectivity index (χ4v) is 1.90. The number of allylic oxidation sites excluding steroid dienone is 2. The molecule has 6 heteroatoms. The molecule has 0 fully saturated rings. The van der Waals surface area contributed by atoms with E-state index < -0.39 is 11.6 Å². The van der Waals surface area contributed by atoms with E-state index in [0.29, 0.717) is 17.6 Å². The van der Waals surface area contributed by atoms with Crippen LogP contribution in [0.4, 0.5) is 8.78 Å². The highest BCUT2D eigenvalue weighted by Crippen LogP contribution is 2.13. The second-order valence-corrected chi connectivity index (χ2v) is 8.67. The molecule has 1 aromatic carbocycles. The van der Waals surface area contributed by atoms with E-state index in [9.17, 15) is 23.2 Å². The molecule has 1 amide bonds. The molecule has 4 nitrogen and oxygen atoms in total. The molecule has 0 aliphatic carbocycles. The van der Waals surface area contributed by atoms with Crippen molar-refractivity contribution in [2.45, 2.75) is 68.2 Å². The molecule has 0 aromatic heterocycles. The lowest BCUT2D eigenvalue weighted by Crippen LogP contribution is -2.17. The lowest BCUT2D eigenvalue weighted by molar-refractivity contribution is -0.121. The van der Waals surface area contributed by atoms with Crippen molar-refractivity contribution in [1.29, 1.82) is 0 Å².